The van der Waals surface area contributed by atoms with Crippen molar-refractivity contribution in [2.75, 3.05) is 18.0 Å². The summed E-state index contributed by atoms with van der Waals surface area (Å²) < 4.78 is 59.0. The molecule has 5 unspecified atom stereocenters. The molecule has 1 aliphatic heterocycles. The number of fused-ring (bicyclic) bond motifs is 2. The zero-order valence-corrected chi connectivity index (χ0v) is 23.5. The van der Waals surface area contributed by atoms with Crippen LogP contribution in [-0.4, -0.2) is 56.0 Å². The Morgan fingerprint density at radius 2 is 1.86 bits per heavy atom. The Labute approximate surface area is 244 Å². The highest BCUT2D eigenvalue weighted by Gasteiger charge is 2.56. The smallest absolute Gasteiger partial charge is 0.317 e. The van der Waals surface area contributed by atoms with Crippen LogP contribution in [0.4, 0.5) is 23.4 Å². The maximum Gasteiger partial charge on any atom is 0.317 e. The van der Waals surface area contributed by atoms with Crippen LogP contribution in [0.15, 0.2) is 41.3 Å². The van der Waals surface area contributed by atoms with E-state index in [0.717, 1.165) is 59.4 Å². The van der Waals surface area contributed by atoms with Crippen molar-refractivity contribution in [1.82, 2.24) is 14.9 Å². The Hall–Kier alpha value is -3.51. The van der Waals surface area contributed by atoms with Gasteiger partial charge < -0.3 is 20.4 Å². The molecule has 3 N–H and O–H groups in total. The van der Waals surface area contributed by atoms with Crippen molar-refractivity contribution in [3.63, 3.8) is 0 Å². The number of hydrogen-bond donors (Lipinski definition) is 3. The van der Waals surface area contributed by atoms with Crippen LogP contribution in [0.2, 0.25) is 0 Å². The summed E-state index contributed by atoms with van der Waals surface area (Å²) >= 11 is 0. The molecule has 1 saturated heterocycles. The summed E-state index contributed by atoms with van der Waals surface area (Å²) in [5.74, 6) is -6.96. The Morgan fingerprint density at radius 1 is 1.07 bits per heavy atom. The molecule has 8 nitrogen and oxygen atoms in total. The SMILES string of the molecule is CC1(NC(=O)c2cn(-c3ccc(F)cc3F)c3nc(N4CCC(O)(O)C(F)(F)C4)ccc3c2=O)CC2CC3CC(C1)C3C2. The van der Waals surface area contributed by atoms with Crippen molar-refractivity contribution < 1.29 is 32.6 Å². The highest BCUT2D eigenvalue weighted by atomic mass is 19.3. The van der Waals surface area contributed by atoms with Crippen LogP contribution < -0.4 is 15.6 Å². The van der Waals surface area contributed by atoms with E-state index in [1.807, 2.05) is 6.92 Å². The molecule has 0 spiro atoms. The lowest BCUT2D eigenvalue weighted by molar-refractivity contribution is -0.300. The topological polar surface area (TPSA) is 108 Å². The second-order valence-electron chi connectivity index (χ2n) is 13.3. The van der Waals surface area contributed by atoms with Crippen LogP contribution in [0.25, 0.3) is 16.7 Å². The monoisotopic (exact) mass is 600 g/mol. The first-order valence-corrected chi connectivity index (χ1v) is 14.7. The Kier molecular flexibility index (Phi) is 6.24. The predicted molar refractivity (Wildman–Crippen MR) is 149 cm³/mol. The second-order valence-corrected chi connectivity index (χ2v) is 13.3. The van der Waals surface area contributed by atoms with Gasteiger partial charge in [0.2, 0.25) is 11.2 Å². The highest BCUT2D eigenvalue weighted by Crippen LogP contribution is 2.60. The summed E-state index contributed by atoms with van der Waals surface area (Å²) in [6.07, 6.45) is 5.61. The second kappa shape index (κ2) is 9.49. The molecule has 1 amide bonds. The number of hydrogen-bond acceptors (Lipinski definition) is 6. The van der Waals surface area contributed by atoms with Gasteiger partial charge in [-0.15, -0.1) is 0 Å². The fourth-order valence-corrected chi connectivity index (χ4v) is 8.14. The fourth-order valence-electron chi connectivity index (χ4n) is 8.14. The summed E-state index contributed by atoms with van der Waals surface area (Å²) in [7, 11) is 0. The average molecular weight is 601 g/mol. The lowest BCUT2D eigenvalue weighted by Gasteiger charge is -2.46. The molecule has 12 heteroatoms. The number of rotatable bonds is 4. The fraction of sp³-hybridized carbons (Fsp3) is 0.516. The van der Waals surface area contributed by atoms with E-state index < -0.39 is 53.2 Å². The van der Waals surface area contributed by atoms with Crippen molar-refractivity contribution in [2.24, 2.45) is 23.7 Å². The normalized spacial score (nSPS) is 30.5. The first-order valence-electron chi connectivity index (χ1n) is 14.7. The van der Waals surface area contributed by atoms with Crippen molar-refractivity contribution in [3.8, 4) is 5.69 Å². The summed E-state index contributed by atoms with van der Waals surface area (Å²) in [4.78, 5) is 33.0. The molecule has 3 aromatic rings. The molecule has 228 valence electrons. The summed E-state index contributed by atoms with van der Waals surface area (Å²) in [5, 5.41) is 22.5. The molecule has 3 heterocycles. The van der Waals surface area contributed by atoms with E-state index in [2.05, 4.69) is 10.3 Å². The molecule has 4 aliphatic rings. The molecule has 2 bridgehead atoms. The number of halogens is 4. The van der Waals surface area contributed by atoms with E-state index in [1.54, 1.807) is 0 Å². The Morgan fingerprint density at radius 3 is 2.60 bits per heavy atom. The standard InChI is InChI=1S/C31H32F4N4O4/c1-29(12-16-8-17-10-18(13-29)21(17)9-16)37-28(41)22-14-39(24-4-2-19(32)11-23(24)33)27-20(26(22)40)3-5-25(36-27)38-7-6-31(42,43)30(34,35)15-38/h2-5,11,14,16-18,21,42-43H,6-10,12-13,15H2,1H3,(H,37,41). The van der Waals surface area contributed by atoms with Gasteiger partial charge in [0.25, 0.3) is 5.91 Å². The van der Waals surface area contributed by atoms with E-state index in [-0.39, 0.29) is 34.6 Å². The molecule has 3 saturated carbocycles. The number of nitrogens with one attached hydrogen (secondary N) is 1. The maximum atomic E-state index is 15.1. The third-order valence-electron chi connectivity index (χ3n) is 10.2. The van der Waals surface area contributed by atoms with Gasteiger partial charge in [-0.3, -0.25) is 14.2 Å². The molecular formula is C31H32F4N4O4. The van der Waals surface area contributed by atoms with Gasteiger partial charge in [-0.05, 0) is 87.0 Å². The zero-order chi connectivity index (χ0) is 30.5. The van der Waals surface area contributed by atoms with E-state index in [1.165, 1.54) is 18.6 Å². The quantitative estimate of drug-likeness (QED) is 0.307. The number of benzene rings is 1. The van der Waals surface area contributed by atoms with Crippen molar-refractivity contribution in [3.05, 3.63) is 63.9 Å². The number of aromatic nitrogens is 2. The first-order chi connectivity index (χ1) is 20.2. The van der Waals surface area contributed by atoms with Gasteiger partial charge in [-0.25, -0.2) is 13.8 Å². The minimum absolute atomic E-state index is 0.0182. The average Bonchev–Trinajstić information content (AvgIpc) is 3.18. The first kappa shape index (κ1) is 28.3. The molecular weight excluding hydrogens is 568 g/mol. The van der Waals surface area contributed by atoms with Gasteiger partial charge >= 0.3 is 5.92 Å². The number of amides is 1. The molecule has 1 aromatic carbocycles. The summed E-state index contributed by atoms with van der Waals surface area (Å²) in [6, 6.07) is 5.47. The maximum absolute atomic E-state index is 15.1. The largest absolute Gasteiger partial charge is 0.361 e. The minimum Gasteiger partial charge on any atom is -0.361 e. The summed E-state index contributed by atoms with van der Waals surface area (Å²) in [6.45, 7) is 0.767. The van der Waals surface area contributed by atoms with E-state index in [4.69, 9.17) is 0 Å². The van der Waals surface area contributed by atoms with Gasteiger partial charge in [-0.1, -0.05) is 0 Å². The molecule has 3 aliphatic carbocycles. The molecule has 0 radical (unpaired) electrons. The number of aliphatic hydroxyl groups is 2. The van der Waals surface area contributed by atoms with Crippen LogP contribution in [0.5, 0.6) is 0 Å². The van der Waals surface area contributed by atoms with Gasteiger partial charge in [-0.2, -0.15) is 8.78 Å². The Balaban J connectivity index is 1.30. The zero-order valence-electron chi connectivity index (χ0n) is 23.5. The van der Waals surface area contributed by atoms with Crippen LogP contribution in [0, 0.1) is 35.3 Å². The molecule has 7 rings (SSSR count). The molecule has 43 heavy (non-hydrogen) atoms. The lowest BCUT2D eigenvalue weighted by atomic mass is 9.62. The molecule has 2 aromatic heterocycles. The van der Waals surface area contributed by atoms with E-state index >= 15 is 4.39 Å². The molecule has 5 atom stereocenters. The Bertz CT molecular complexity index is 1710. The third-order valence-corrected chi connectivity index (χ3v) is 10.2. The lowest BCUT2D eigenvalue weighted by Crippen LogP contribution is -2.60. The van der Waals surface area contributed by atoms with Crippen LogP contribution >= 0.6 is 0 Å². The number of carbonyl (C=O) groups is 1. The van der Waals surface area contributed by atoms with Crippen LogP contribution in [-0.2, 0) is 0 Å². The number of carbonyl (C=O) groups excluding carboxylic acids is 1. The van der Waals surface area contributed by atoms with Crippen molar-refractivity contribution in [1.29, 1.82) is 0 Å². The number of alkyl halides is 2. The van der Waals surface area contributed by atoms with Gasteiger partial charge in [0.05, 0.1) is 17.6 Å². The minimum atomic E-state index is -3.87. The highest BCUT2D eigenvalue weighted by molar-refractivity contribution is 5.97. The van der Waals surface area contributed by atoms with E-state index in [0.29, 0.717) is 23.8 Å². The number of nitrogens with zero attached hydrogens (tertiary/aromatic N) is 3. The molecule has 4 fully saturated rings. The third kappa shape index (κ3) is 4.61. The van der Waals surface area contributed by atoms with Crippen LogP contribution in [0.3, 0.4) is 0 Å². The summed E-state index contributed by atoms with van der Waals surface area (Å²) in [5.41, 5.74) is -1.76. The van der Waals surface area contributed by atoms with Crippen molar-refractivity contribution >= 4 is 22.8 Å². The van der Waals surface area contributed by atoms with Gasteiger partial charge in [0.1, 0.15) is 23.0 Å². The van der Waals surface area contributed by atoms with Gasteiger partial charge in [0.15, 0.2) is 5.65 Å². The van der Waals surface area contributed by atoms with Crippen LogP contribution in [0.1, 0.15) is 55.8 Å². The number of piperidine rings is 1. The number of anilines is 1. The van der Waals surface area contributed by atoms with Gasteiger partial charge in [0, 0.05) is 30.8 Å². The van der Waals surface area contributed by atoms with E-state index in [9.17, 15) is 33.0 Å². The predicted octanol–water partition coefficient (Wildman–Crippen LogP) is 4.13. The number of pyridine rings is 2. The van der Waals surface area contributed by atoms with Crippen molar-refractivity contribution in [2.45, 2.75) is 62.7 Å².